The van der Waals surface area contributed by atoms with Crippen LogP contribution in [0.1, 0.15) is 15.2 Å². The summed E-state index contributed by atoms with van der Waals surface area (Å²) < 4.78 is 20.4. The van der Waals surface area contributed by atoms with Crippen molar-refractivity contribution in [3.05, 3.63) is 69.3 Å². The first-order chi connectivity index (χ1) is 10.1. The Morgan fingerprint density at radius 1 is 1.19 bits per heavy atom. The van der Waals surface area contributed by atoms with E-state index in [-0.39, 0.29) is 6.61 Å². The van der Waals surface area contributed by atoms with E-state index in [1.54, 1.807) is 24.3 Å². The number of benzene rings is 2. The largest absolute Gasteiger partial charge is 0.457 e. The van der Waals surface area contributed by atoms with Crippen LogP contribution in [0.3, 0.4) is 0 Å². The maximum absolute atomic E-state index is 13.8. The van der Waals surface area contributed by atoms with E-state index in [9.17, 15) is 9.18 Å². The van der Waals surface area contributed by atoms with E-state index in [0.717, 1.165) is 10.1 Å². The quantitative estimate of drug-likeness (QED) is 0.600. The molecule has 0 atom stereocenters. The molecule has 0 saturated carbocycles. The van der Waals surface area contributed by atoms with Crippen LogP contribution in [0, 0.1) is 5.82 Å². The summed E-state index contributed by atoms with van der Waals surface area (Å²) in [5.41, 5.74) is 0.346. The van der Waals surface area contributed by atoms with Crippen LogP contribution in [-0.4, -0.2) is 5.97 Å². The maximum atomic E-state index is 13.8. The number of thiophene rings is 1. The zero-order valence-electron chi connectivity index (χ0n) is 10.8. The predicted molar refractivity (Wildman–Crippen MR) is 85.0 cm³/mol. The topological polar surface area (TPSA) is 26.3 Å². The van der Waals surface area contributed by atoms with Crippen molar-refractivity contribution in [3.63, 3.8) is 0 Å². The van der Waals surface area contributed by atoms with Crippen molar-refractivity contribution in [3.8, 4) is 0 Å². The van der Waals surface area contributed by atoms with Gasteiger partial charge in [0.05, 0.1) is 4.47 Å². The fourth-order valence-corrected chi connectivity index (χ4v) is 3.32. The van der Waals surface area contributed by atoms with Gasteiger partial charge in [-0.15, -0.1) is 11.3 Å². The third kappa shape index (κ3) is 2.99. The number of hydrogen-bond acceptors (Lipinski definition) is 3. The Morgan fingerprint density at radius 2 is 2.00 bits per heavy atom. The minimum Gasteiger partial charge on any atom is -0.457 e. The van der Waals surface area contributed by atoms with Crippen LogP contribution in [-0.2, 0) is 11.3 Å². The number of carbonyl (C=O) groups is 1. The second kappa shape index (κ2) is 5.95. The molecule has 3 rings (SSSR count). The average Bonchev–Trinajstić information content (AvgIpc) is 2.92. The summed E-state index contributed by atoms with van der Waals surface area (Å²) in [5, 5.41) is 1.00. The van der Waals surface area contributed by atoms with Gasteiger partial charge >= 0.3 is 5.97 Å². The number of rotatable bonds is 3. The van der Waals surface area contributed by atoms with Crippen molar-refractivity contribution in [1.82, 2.24) is 0 Å². The first kappa shape index (κ1) is 14.2. The Hall–Kier alpha value is -1.72. The highest BCUT2D eigenvalue weighted by Crippen LogP contribution is 2.26. The zero-order chi connectivity index (χ0) is 14.8. The molecule has 2 nitrogen and oxygen atoms in total. The van der Waals surface area contributed by atoms with E-state index in [1.807, 2.05) is 24.3 Å². The Labute approximate surface area is 133 Å². The standard InChI is InChI=1S/C16H10BrFO2S/c17-12-6-3-5-11(15(12)18)9-20-16(19)14-8-10-4-1-2-7-13(10)21-14/h1-8H,9H2. The van der Waals surface area contributed by atoms with Gasteiger partial charge in [-0.3, -0.25) is 0 Å². The number of halogens is 2. The van der Waals surface area contributed by atoms with Crippen molar-refractivity contribution < 1.29 is 13.9 Å². The zero-order valence-corrected chi connectivity index (χ0v) is 13.2. The monoisotopic (exact) mass is 364 g/mol. The van der Waals surface area contributed by atoms with Gasteiger partial charge in [0.2, 0.25) is 0 Å². The summed E-state index contributed by atoms with van der Waals surface area (Å²) >= 11 is 4.48. The van der Waals surface area contributed by atoms with Crippen molar-refractivity contribution in [2.45, 2.75) is 6.61 Å². The lowest BCUT2D eigenvalue weighted by atomic mass is 10.2. The fourth-order valence-electron chi connectivity index (χ4n) is 1.96. The number of hydrogen-bond donors (Lipinski definition) is 0. The summed E-state index contributed by atoms with van der Waals surface area (Å²) in [6.45, 7) is -0.0850. The predicted octanol–water partition coefficient (Wildman–Crippen LogP) is 5.16. The number of fused-ring (bicyclic) bond motifs is 1. The van der Waals surface area contributed by atoms with Crippen LogP contribution in [0.25, 0.3) is 10.1 Å². The molecule has 106 valence electrons. The number of carbonyl (C=O) groups excluding carboxylic acids is 1. The van der Waals surface area contributed by atoms with E-state index in [1.165, 1.54) is 11.3 Å². The molecule has 0 fully saturated rings. The van der Waals surface area contributed by atoms with Gasteiger partial charge in [0.1, 0.15) is 17.3 Å². The third-order valence-electron chi connectivity index (χ3n) is 3.02. The van der Waals surface area contributed by atoms with E-state index in [2.05, 4.69) is 15.9 Å². The van der Waals surface area contributed by atoms with Gasteiger partial charge in [-0.1, -0.05) is 30.3 Å². The van der Waals surface area contributed by atoms with Gasteiger partial charge in [0, 0.05) is 10.3 Å². The molecule has 0 unspecified atom stereocenters. The van der Waals surface area contributed by atoms with E-state index in [4.69, 9.17) is 4.74 Å². The van der Waals surface area contributed by atoms with Gasteiger partial charge in [-0.05, 0) is 39.5 Å². The second-order valence-electron chi connectivity index (χ2n) is 4.44. The summed E-state index contributed by atoms with van der Waals surface area (Å²) in [7, 11) is 0. The first-order valence-electron chi connectivity index (χ1n) is 6.24. The highest BCUT2D eigenvalue weighted by atomic mass is 79.9. The lowest BCUT2D eigenvalue weighted by molar-refractivity contribution is 0.0475. The summed E-state index contributed by atoms with van der Waals surface area (Å²) in [6, 6.07) is 14.4. The average molecular weight is 365 g/mol. The fraction of sp³-hybridized carbons (Fsp3) is 0.0625. The van der Waals surface area contributed by atoms with E-state index < -0.39 is 11.8 Å². The van der Waals surface area contributed by atoms with Crippen LogP contribution in [0.4, 0.5) is 4.39 Å². The molecule has 0 bridgehead atoms. The number of ether oxygens (including phenoxy) is 1. The molecule has 3 aromatic rings. The van der Waals surface area contributed by atoms with Crippen molar-refractivity contribution >= 4 is 43.3 Å². The van der Waals surface area contributed by atoms with Crippen molar-refractivity contribution in [2.24, 2.45) is 0 Å². The minimum atomic E-state index is -0.435. The Bertz CT molecular complexity index is 780. The SMILES string of the molecule is O=C(OCc1cccc(Br)c1F)c1cc2ccccc2s1. The molecule has 0 aliphatic heterocycles. The van der Waals surface area contributed by atoms with E-state index >= 15 is 0 Å². The lowest BCUT2D eigenvalue weighted by Gasteiger charge is -2.05. The molecular weight excluding hydrogens is 355 g/mol. The van der Waals surface area contributed by atoms with Gasteiger partial charge in [0.25, 0.3) is 0 Å². The summed E-state index contributed by atoms with van der Waals surface area (Å²) in [5.74, 6) is -0.836. The van der Waals surface area contributed by atoms with Crippen LogP contribution in [0.2, 0.25) is 0 Å². The molecule has 0 N–H and O–H groups in total. The van der Waals surface area contributed by atoms with Crippen LogP contribution in [0.15, 0.2) is 53.0 Å². The van der Waals surface area contributed by atoms with Crippen LogP contribution >= 0.6 is 27.3 Å². The first-order valence-corrected chi connectivity index (χ1v) is 7.84. The van der Waals surface area contributed by atoms with Gasteiger partial charge in [-0.25, -0.2) is 9.18 Å². The molecule has 5 heteroatoms. The molecule has 0 radical (unpaired) electrons. The molecule has 0 spiro atoms. The van der Waals surface area contributed by atoms with E-state index in [0.29, 0.717) is 14.9 Å². The highest BCUT2D eigenvalue weighted by Gasteiger charge is 2.13. The molecule has 0 aliphatic carbocycles. The molecule has 0 amide bonds. The normalized spacial score (nSPS) is 10.8. The molecule has 1 heterocycles. The summed E-state index contributed by atoms with van der Waals surface area (Å²) in [4.78, 5) is 12.6. The lowest BCUT2D eigenvalue weighted by Crippen LogP contribution is -2.04. The smallest absolute Gasteiger partial charge is 0.348 e. The van der Waals surface area contributed by atoms with Crippen molar-refractivity contribution in [2.75, 3.05) is 0 Å². The van der Waals surface area contributed by atoms with Gasteiger partial charge in [-0.2, -0.15) is 0 Å². The van der Waals surface area contributed by atoms with Gasteiger partial charge < -0.3 is 4.74 Å². The highest BCUT2D eigenvalue weighted by molar-refractivity contribution is 9.10. The molecule has 0 saturated heterocycles. The Balaban J connectivity index is 1.76. The third-order valence-corrected chi connectivity index (χ3v) is 4.73. The molecule has 1 aromatic heterocycles. The Morgan fingerprint density at radius 3 is 2.81 bits per heavy atom. The second-order valence-corrected chi connectivity index (χ2v) is 6.38. The molecule has 21 heavy (non-hydrogen) atoms. The number of esters is 1. The van der Waals surface area contributed by atoms with Crippen molar-refractivity contribution in [1.29, 1.82) is 0 Å². The summed E-state index contributed by atoms with van der Waals surface area (Å²) in [6.07, 6.45) is 0. The van der Waals surface area contributed by atoms with Crippen LogP contribution in [0.5, 0.6) is 0 Å². The Kier molecular flexibility index (Phi) is 4.03. The molecule has 0 aliphatic rings. The molecule has 2 aromatic carbocycles. The molecular formula is C16H10BrFO2S. The van der Waals surface area contributed by atoms with Crippen LogP contribution < -0.4 is 0 Å². The maximum Gasteiger partial charge on any atom is 0.348 e. The van der Waals surface area contributed by atoms with Gasteiger partial charge in [0.15, 0.2) is 0 Å². The minimum absolute atomic E-state index is 0.0850.